The maximum absolute atomic E-state index is 12.0. The molecule has 0 aromatic heterocycles. The second-order valence-electron chi connectivity index (χ2n) is 6.95. The van der Waals surface area contributed by atoms with Gasteiger partial charge in [-0.25, -0.2) is 4.79 Å². The van der Waals surface area contributed by atoms with Crippen molar-refractivity contribution in [3.05, 3.63) is 0 Å². The van der Waals surface area contributed by atoms with Crippen LogP contribution in [0.1, 0.15) is 33.6 Å². The Morgan fingerprint density at radius 2 is 2.00 bits per heavy atom. The number of hydrogen-bond donors (Lipinski definition) is 3. The Labute approximate surface area is 131 Å². The number of urea groups is 1. The number of carbonyl (C=O) groups is 2. The standard InChI is InChI=1S/C15H27N3O4/c1-4-18(7-13(19)20)11-5-10(6-11)16-14(21)17-12-8-22-9-15(12,2)3/h10-12H,4-9H2,1-3H3,(H,19,20)(H2,16,17,21). The van der Waals surface area contributed by atoms with Crippen molar-refractivity contribution in [2.24, 2.45) is 5.41 Å². The number of carboxylic acid groups (broad SMARTS) is 1. The van der Waals surface area contributed by atoms with Gasteiger partial charge in [0, 0.05) is 17.5 Å². The van der Waals surface area contributed by atoms with E-state index >= 15 is 0 Å². The minimum atomic E-state index is -0.806. The number of nitrogens with one attached hydrogen (secondary N) is 2. The van der Waals surface area contributed by atoms with Gasteiger partial charge < -0.3 is 20.5 Å². The van der Waals surface area contributed by atoms with Crippen LogP contribution in [0.25, 0.3) is 0 Å². The molecule has 1 heterocycles. The number of carbonyl (C=O) groups excluding carboxylic acids is 1. The molecule has 2 aliphatic rings. The molecule has 0 spiro atoms. The number of rotatable bonds is 6. The maximum atomic E-state index is 12.0. The van der Waals surface area contributed by atoms with Gasteiger partial charge in [-0.1, -0.05) is 20.8 Å². The average molecular weight is 313 g/mol. The smallest absolute Gasteiger partial charge is 0.317 e. The number of hydrogen-bond acceptors (Lipinski definition) is 4. The normalized spacial score (nSPS) is 29.9. The lowest BCUT2D eigenvalue weighted by Gasteiger charge is -2.42. The van der Waals surface area contributed by atoms with E-state index in [2.05, 4.69) is 24.5 Å². The van der Waals surface area contributed by atoms with Crippen LogP contribution < -0.4 is 10.6 Å². The topological polar surface area (TPSA) is 90.9 Å². The molecule has 2 amide bonds. The molecule has 0 aromatic carbocycles. The Morgan fingerprint density at radius 3 is 2.50 bits per heavy atom. The molecule has 1 saturated heterocycles. The number of amides is 2. The summed E-state index contributed by atoms with van der Waals surface area (Å²) < 4.78 is 5.41. The fraction of sp³-hybridized carbons (Fsp3) is 0.867. The molecule has 7 nitrogen and oxygen atoms in total. The van der Waals surface area contributed by atoms with Crippen LogP contribution in [0.4, 0.5) is 4.79 Å². The highest BCUT2D eigenvalue weighted by Crippen LogP contribution is 2.28. The third-order valence-electron chi connectivity index (χ3n) is 4.72. The Balaban J connectivity index is 1.71. The molecule has 0 radical (unpaired) electrons. The number of aliphatic carboxylic acids is 1. The predicted octanol–water partition coefficient (Wildman–Crippen LogP) is 0.648. The molecule has 1 aliphatic heterocycles. The van der Waals surface area contributed by atoms with E-state index in [0.29, 0.717) is 19.8 Å². The van der Waals surface area contributed by atoms with Crippen molar-refractivity contribution in [2.75, 3.05) is 26.3 Å². The fourth-order valence-electron chi connectivity index (χ4n) is 3.06. The lowest BCUT2D eigenvalue weighted by Crippen LogP contribution is -2.58. The van der Waals surface area contributed by atoms with Crippen LogP contribution in [0, 0.1) is 5.41 Å². The number of ether oxygens (including phenoxy) is 1. The van der Waals surface area contributed by atoms with E-state index in [4.69, 9.17) is 9.84 Å². The summed E-state index contributed by atoms with van der Waals surface area (Å²) in [5.41, 5.74) is -0.0417. The lowest BCUT2D eigenvalue weighted by atomic mass is 9.85. The second-order valence-corrected chi connectivity index (χ2v) is 6.95. The minimum Gasteiger partial charge on any atom is -0.480 e. The molecule has 3 N–H and O–H groups in total. The molecule has 1 unspecified atom stereocenters. The van der Waals surface area contributed by atoms with Gasteiger partial charge in [0.15, 0.2) is 0 Å². The minimum absolute atomic E-state index is 0.0301. The van der Waals surface area contributed by atoms with Crippen molar-refractivity contribution < 1.29 is 19.4 Å². The van der Waals surface area contributed by atoms with E-state index in [-0.39, 0.29) is 36.1 Å². The van der Waals surface area contributed by atoms with E-state index in [0.717, 1.165) is 12.8 Å². The average Bonchev–Trinajstić information content (AvgIpc) is 2.70. The van der Waals surface area contributed by atoms with E-state index in [9.17, 15) is 9.59 Å². The molecule has 1 aliphatic carbocycles. The van der Waals surface area contributed by atoms with Crippen molar-refractivity contribution in [1.82, 2.24) is 15.5 Å². The van der Waals surface area contributed by atoms with Crippen molar-refractivity contribution >= 4 is 12.0 Å². The van der Waals surface area contributed by atoms with Gasteiger partial charge >= 0.3 is 12.0 Å². The number of likely N-dealkylation sites (N-methyl/N-ethyl adjacent to an activating group) is 1. The largest absolute Gasteiger partial charge is 0.480 e. The summed E-state index contributed by atoms with van der Waals surface area (Å²) in [5.74, 6) is -0.806. The summed E-state index contributed by atoms with van der Waals surface area (Å²) in [7, 11) is 0. The van der Waals surface area contributed by atoms with Gasteiger partial charge in [-0.2, -0.15) is 0 Å². The Morgan fingerprint density at radius 1 is 1.32 bits per heavy atom. The van der Waals surface area contributed by atoms with E-state index in [1.54, 1.807) is 0 Å². The summed E-state index contributed by atoms with van der Waals surface area (Å²) >= 11 is 0. The lowest BCUT2D eigenvalue weighted by molar-refractivity contribution is -0.139. The first-order valence-electron chi connectivity index (χ1n) is 7.92. The van der Waals surface area contributed by atoms with Crippen LogP contribution in [0.15, 0.2) is 0 Å². The molecule has 126 valence electrons. The van der Waals surface area contributed by atoms with Crippen molar-refractivity contribution in [1.29, 1.82) is 0 Å². The summed E-state index contributed by atoms with van der Waals surface area (Å²) in [6, 6.07) is 0.242. The Hall–Kier alpha value is -1.34. The van der Waals surface area contributed by atoms with E-state index < -0.39 is 5.97 Å². The molecule has 0 aromatic rings. The quantitative estimate of drug-likeness (QED) is 0.670. The van der Waals surface area contributed by atoms with Gasteiger partial charge in [0.2, 0.25) is 0 Å². The molecule has 0 bridgehead atoms. The van der Waals surface area contributed by atoms with Crippen LogP contribution >= 0.6 is 0 Å². The molecule has 2 fully saturated rings. The van der Waals surface area contributed by atoms with Crippen molar-refractivity contribution in [2.45, 2.75) is 51.7 Å². The molecule has 7 heteroatoms. The maximum Gasteiger partial charge on any atom is 0.317 e. The first-order valence-corrected chi connectivity index (χ1v) is 7.92. The second kappa shape index (κ2) is 6.83. The summed E-state index contributed by atoms with van der Waals surface area (Å²) in [4.78, 5) is 24.8. The van der Waals surface area contributed by atoms with Gasteiger partial charge in [0.05, 0.1) is 25.8 Å². The zero-order valence-corrected chi connectivity index (χ0v) is 13.6. The first-order chi connectivity index (χ1) is 10.3. The van der Waals surface area contributed by atoms with E-state index in [1.165, 1.54) is 0 Å². The van der Waals surface area contributed by atoms with Gasteiger partial charge in [-0.15, -0.1) is 0 Å². The molecule has 1 atom stereocenters. The fourth-order valence-corrected chi connectivity index (χ4v) is 3.06. The number of carboxylic acids is 1. The summed E-state index contributed by atoms with van der Waals surface area (Å²) in [5, 5.41) is 14.8. The highest BCUT2D eigenvalue weighted by Gasteiger charge is 2.38. The highest BCUT2D eigenvalue weighted by molar-refractivity contribution is 5.75. The number of nitrogens with zero attached hydrogens (tertiary/aromatic N) is 1. The third-order valence-corrected chi connectivity index (χ3v) is 4.72. The summed E-state index contributed by atoms with van der Waals surface area (Å²) in [6.07, 6.45) is 1.61. The van der Waals surface area contributed by atoms with Gasteiger partial charge in [0.1, 0.15) is 0 Å². The van der Waals surface area contributed by atoms with Gasteiger partial charge in [0.25, 0.3) is 0 Å². The van der Waals surface area contributed by atoms with Crippen LogP contribution in [-0.4, -0.2) is 66.4 Å². The Kier molecular flexibility index (Phi) is 5.28. The van der Waals surface area contributed by atoms with Crippen molar-refractivity contribution in [3.8, 4) is 0 Å². The SMILES string of the molecule is CCN(CC(=O)O)C1CC(NC(=O)NC2COCC2(C)C)C1. The van der Waals surface area contributed by atoms with Crippen molar-refractivity contribution in [3.63, 3.8) is 0 Å². The summed E-state index contributed by atoms with van der Waals surface area (Å²) in [6.45, 7) is 8.10. The van der Waals surface area contributed by atoms with Crippen LogP contribution in [0.5, 0.6) is 0 Å². The van der Waals surface area contributed by atoms with Gasteiger partial charge in [-0.05, 0) is 19.4 Å². The Bertz CT molecular complexity index is 421. The zero-order chi connectivity index (χ0) is 16.3. The molecule has 22 heavy (non-hydrogen) atoms. The third kappa shape index (κ3) is 4.10. The zero-order valence-electron chi connectivity index (χ0n) is 13.6. The van der Waals surface area contributed by atoms with Gasteiger partial charge in [-0.3, -0.25) is 9.69 Å². The molecule has 2 rings (SSSR count). The van der Waals surface area contributed by atoms with Crippen LogP contribution in [0.2, 0.25) is 0 Å². The van der Waals surface area contributed by atoms with E-state index in [1.807, 2.05) is 11.8 Å². The molecular formula is C15H27N3O4. The predicted molar refractivity (Wildman–Crippen MR) is 81.7 cm³/mol. The monoisotopic (exact) mass is 313 g/mol. The van der Waals surface area contributed by atoms with Crippen LogP contribution in [0.3, 0.4) is 0 Å². The molecular weight excluding hydrogens is 286 g/mol. The van der Waals surface area contributed by atoms with Crippen LogP contribution in [-0.2, 0) is 9.53 Å². The molecule has 1 saturated carbocycles. The first kappa shape index (κ1) is 17.0. The highest BCUT2D eigenvalue weighted by atomic mass is 16.5.